The number of primary amides is 1. The Bertz CT molecular complexity index is 1340. The van der Waals surface area contributed by atoms with Crippen molar-refractivity contribution in [2.45, 2.75) is 57.0 Å². The van der Waals surface area contributed by atoms with Crippen molar-refractivity contribution in [2.24, 2.45) is 11.7 Å². The summed E-state index contributed by atoms with van der Waals surface area (Å²) < 4.78 is 13.6. The Labute approximate surface area is 239 Å². The Kier molecular flexibility index (Phi) is 8.91. The van der Waals surface area contributed by atoms with Gasteiger partial charge in [0.2, 0.25) is 11.8 Å². The first-order valence-corrected chi connectivity index (χ1v) is 14.3. The molecule has 41 heavy (non-hydrogen) atoms. The van der Waals surface area contributed by atoms with Crippen LogP contribution in [0.3, 0.4) is 0 Å². The maximum Gasteiger partial charge on any atom is 0.324 e. The molecule has 0 bridgehead atoms. The molecule has 2 heterocycles. The topological polar surface area (TPSA) is 109 Å². The quantitative estimate of drug-likeness (QED) is 0.404. The van der Waals surface area contributed by atoms with E-state index in [4.69, 9.17) is 5.73 Å². The van der Waals surface area contributed by atoms with Gasteiger partial charge in [-0.25, -0.2) is 9.18 Å². The molecule has 2 aliphatic rings. The fourth-order valence-corrected chi connectivity index (χ4v) is 5.98. The molecule has 1 aliphatic carbocycles. The lowest BCUT2D eigenvalue weighted by molar-refractivity contribution is -0.131. The van der Waals surface area contributed by atoms with E-state index in [1.54, 1.807) is 35.4 Å². The Morgan fingerprint density at radius 2 is 1.68 bits per heavy atom. The summed E-state index contributed by atoms with van der Waals surface area (Å²) in [5.41, 5.74) is 8.81. The van der Waals surface area contributed by atoms with Crippen molar-refractivity contribution in [1.82, 2.24) is 15.2 Å². The lowest BCUT2D eigenvalue weighted by Crippen LogP contribution is -2.42. The van der Waals surface area contributed by atoms with E-state index in [9.17, 15) is 18.8 Å². The van der Waals surface area contributed by atoms with Gasteiger partial charge in [0.25, 0.3) is 0 Å². The summed E-state index contributed by atoms with van der Waals surface area (Å²) in [6.45, 7) is 1.79. The van der Waals surface area contributed by atoms with E-state index < -0.39 is 11.9 Å². The van der Waals surface area contributed by atoms with Crippen LogP contribution in [0.1, 0.15) is 67.2 Å². The molecule has 214 valence electrons. The second-order valence-corrected chi connectivity index (χ2v) is 10.9. The van der Waals surface area contributed by atoms with Gasteiger partial charge in [-0.05, 0) is 73.1 Å². The van der Waals surface area contributed by atoms with E-state index in [1.807, 2.05) is 29.2 Å². The number of carbonyl (C=O) groups excluding carboxylic acids is 3. The summed E-state index contributed by atoms with van der Waals surface area (Å²) >= 11 is 0. The number of nitrogens with two attached hydrogens (primary N) is 1. The number of aromatic nitrogens is 1. The molecule has 0 unspecified atom stereocenters. The van der Waals surface area contributed by atoms with Gasteiger partial charge in [-0.15, -0.1) is 0 Å². The number of carbonyl (C=O) groups is 3. The molecule has 0 radical (unpaired) electrons. The zero-order valence-corrected chi connectivity index (χ0v) is 23.0. The van der Waals surface area contributed by atoms with E-state index in [0.29, 0.717) is 17.8 Å². The zero-order chi connectivity index (χ0) is 28.8. The van der Waals surface area contributed by atoms with Crippen LogP contribution < -0.4 is 16.0 Å². The van der Waals surface area contributed by atoms with E-state index in [1.165, 1.54) is 18.3 Å². The highest BCUT2D eigenvalue weighted by Crippen LogP contribution is 2.38. The number of benzene rings is 2. The monoisotopic (exact) mass is 557 g/mol. The summed E-state index contributed by atoms with van der Waals surface area (Å²) in [4.78, 5) is 46.6. The fourth-order valence-electron chi connectivity index (χ4n) is 5.98. The number of halogens is 1. The summed E-state index contributed by atoms with van der Waals surface area (Å²) in [6, 6.07) is 16.5. The van der Waals surface area contributed by atoms with E-state index >= 15 is 0 Å². The number of pyridine rings is 1. The van der Waals surface area contributed by atoms with Gasteiger partial charge < -0.3 is 16.0 Å². The molecule has 3 aromatic rings. The summed E-state index contributed by atoms with van der Waals surface area (Å²) in [7, 11) is 0. The van der Waals surface area contributed by atoms with Crippen molar-refractivity contribution in [1.29, 1.82) is 0 Å². The molecule has 5 rings (SSSR count). The minimum absolute atomic E-state index is 0.000316. The number of urea groups is 1. The van der Waals surface area contributed by atoms with Crippen LogP contribution in [0.4, 0.5) is 14.9 Å². The third kappa shape index (κ3) is 6.73. The van der Waals surface area contributed by atoms with Crippen molar-refractivity contribution < 1.29 is 18.8 Å². The van der Waals surface area contributed by atoms with Gasteiger partial charge >= 0.3 is 6.03 Å². The minimum atomic E-state index is -0.938. The van der Waals surface area contributed by atoms with Gasteiger partial charge in [0.05, 0.1) is 6.54 Å². The second kappa shape index (κ2) is 12.9. The molecule has 4 amide bonds. The summed E-state index contributed by atoms with van der Waals surface area (Å²) in [6.07, 6.45) is 8.64. The van der Waals surface area contributed by atoms with Gasteiger partial charge in [0.15, 0.2) is 0 Å². The number of anilines is 1. The number of hydrogen-bond donors (Lipinski definition) is 2. The number of rotatable bonds is 8. The molecule has 1 saturated carbocycles. The van der Waals surface area contributed by atoms with Crippen LogP contribution in [0.25, 0.3) is 0 Å². The first-order valence-electron chi connectivity index (χ1n) is 14.3. The zero-order valence-electron chi connectivity index (χ0n) is 23.0. The molecule has 1 saturated heterocycles. The molecular weight excluding hydrogens is 521 g/mol. The average Bonchev–Trinajstić information content (AvgIpc) is 3.55. The normalized spacial score (nSPS) is 19.4. The van der Waals surface area contributed by atoms with Crippen LogP contribution in [0.2, 0.25) is 0 Å². The SMILES string of the molecule is NC(=O)[C@@H](NC(=O)[C@@H]1CCCC[C@H]1c1ccc(CN(C(=O)N2CCCC2)c2ccc(F)cc2)cc1)c1cccnc1. The highest BCUT2D eigenvalue weighted by Gasteiger charge is 2.34. The molecule has 0 spiro atoms. The molecule has 8 nitrogen and oxygen atoms in total. The number of amides is 4. The van der Waals surface area contributed by atoms with Crippen molar-refractivity contribution in [3.8, 4) is 0 Å². The average molecular weight is 558 g/mol. The van der Waals surface area contributed by atoms with E-state index in [0.717, 1.165) is 62.7 Å². The molecule has 1 aliphatic heterocycles. The van der Waals surface area contributed by atoms with E-state index in [2.05, 4.69) is 10.3 Å². The Morgan fingerprint density at radius 1 is 0.976 bits per heavy atom. The number of hydrogen-bond acceptors (Lipinski definition) is 4. The second-order valence-electron chi connectivity index (χ2n) is 10.9. The predicted molar refractivity (Wildman–Crippen MR) is 154 cm³/mol. The molecule has 3 atom stereocenters. The summed E-state index contributed by atoms with van der Waals surface area (Å²) in [5, 5.41) is 2.87. The van der Waals surface area contributed by atoms with Crippen molar-refractivity contribution in [3.05, 3.63) is 95.6 Å². The maximum absolute atomic E-state index is 13.6. The standard InChI is InChI=1S/C32H36FN5O3/c33-25-13-15-26(16-14-25)38(32(41)37-18-3-4-19-37)21-22-9-11-23(12-10-22)27-7-1-2-8-28(27)31(40)36-29(30(34)39)24-6-5-17-35-20-24/h5-6,9-17,20,27-29H,1-4,7-8,18-19,21H2,(H2,34,39)(H,36,40)/t27-,28+,29-/m0/s1. The smallest absolute Gasteiger partial charge is 0.324 e. The molecule has 3 N–H and O–H groups in total. The van der Waals surface area contributed by atoms with Crippen molar-refractivity contribution >= 4 is 23.5 Å². The Balaban J connectivity index is 1.32. The van der Waals surface area contributed by atoms with Crippen LogP contribution in [0.15, 0.2) is 73.1 Å². The van der Waals surface area contributed by atoms with Crippen LogP contribution in [0.5, 0.6) is 0 Å². The molecule has 1 aromatic heterocycles. The molecule has 2 aromatic carbocycles. The third-order valence-electron chi connectivity index (χ3n) is 8.19. The van der Waals surface area contributed by atoms with Gasteiger partial charge in [-0.1, -0.05) is 43.2 Å². The Morgan fingerprint density at radius 3 is 2.34 bits per heavy atom. The van der Waals surface area contributed by atoms with Crippen LogP contribution in [0, 0.1) is 11.7 Å². The number of nitrogens with zero attached hydrogens (tertiary/aromatic N) is 3. The van der Waals surface area contributed by atoms with Gasteiger partial charge in [0.1, 0.15) is 11.9 Å². The number of nitrogens with one attached hydrogen (secondary N) is 1. The highest BCUT2D eigenvalue weighted by atomic mass is 19.1. The Hall–Kier alpha value is -4.27. The first-order chi connectivity index (χ1) is 19.9. The number of likely N-dealkylation sites (tertiary alicyclic amines) is 1. The van der Waals surface area contributed by atoms with E-state index in [-0.39, 0.29) is 29.6 Å². The fraction of sp³-hybridized carbons (Fsp3) is 0.375. The van der Waals surface area contributed by atoms with Crippen molar-refractivity contribution in [3.63, 3.8) is 0 Å². The summed E-state index contributed by atoms with van der Waals surface area (Å²) in [5.74, 6) is -1.46. The van der Waals surface area contributed by atoms with Gasteiger partial charge in [-0.2, -0.15) is 0 Å². The molecular formula is C32H36FN5O3. The van der Waals surface area contributed by atoms with Crippen LogP contribution in [-0.4, -0.2) is 40.8 Å². The lowest BCUT2D eigenvalue weighted by atomic mass is 9.74. The molecule has 9 heteroatoms. The van der Waals surface area contributed by atoms with Crippen LogP contribution >= 0.6 is 0 Å². The third-order valence-corrected chi connectivity index (χ3v) is 8.19. The van der Waals surface area contributed by atoms with Gasteiger partial charge in [-0.3, -0.25) is 19.5 Å². The molecule has 2 fully saturated rings. The highest BCUT2D eigenvalue weighted by molar-refractivity contribution is 5.92. The first kappa shape index (κ1) is 28.3. The maximum atomic E-state index is 13.6. The van der Waals surface area contributed by atoms with Gasteiger partial charge in [0, 0.05) is 42.7 Å². The largest absolute Gasteiger partial charge is 0.368 e. The van der Waals surface area contributed by atoms with Crippen LogP contribution in [-0.2, 0) is 16.1 Å². The van der Waals surface area contributed by atoms with Crippen molar-refractivity contribution in [2.75, 3.05) is 18.0 Å². The minimum Gasteiger partial charge on any atom is -0.368 e. The lowest BCUT2D eigenvalue weighted by Gasteiger charge is -2.32. The predicted octanol–water partition coefficient (Wildman–Crippen LogP) is 5.06.